The molecule has 0 saturated carbocycles. The Hall–Kier alpha value is -4.76. The van der Waals surface area contributed by atoms with Crippen molar-refractivity contribution in [3.05, 3.63) is 108 Å². The first kappa shape index (κ1) is 30.3. The fourth-order valence-corrected chi connectivity index (χ4v) is 7.38. The van der Waals surface area contributed by atoms with E-state index in [9.17, 15) is 18.0 Å². The summed E-state index contributed by atoms with van der Waals surface area (Å²) in [5.41, 5.74) is 10.6. The number of carbonyl (C=O) groups excluding carboxylic acids is 2. The van der Waals surface area contributed by atoms with E-state index >= 15 is 0 Å². The van der Waals surface area contributed by atoms with Gasteiger partial charge in [-0.15, -0.1) is 0 Å². The molecule has 9 heteroatoms. The van der Waals surface area contributed by atoms with Gasteiger partial charge in [0.05, 0.1) is 32.7 Å². The van der Waals surface area contributed by atoms with E-state index in [1.54, 1.807) is 36.4 Å². The number of unbranched alkanes of at least 4 members (excludes halogenated alkanes) is 5. The summed E-state index contributed by atoms with van der Waals surface area (Å²) in [5.74, 6) is -0.432. The van der Waals surface area contributed by atoms with Gasteiger partial charge in [-0.25, -0.2) is 13.4 Å². The highest BCUT2D eigenvalue weighted by atomic mass is 32.2. The zero-order valence-corrected chi connectivity index (χ0v) is 26.1. The highest BCUT2D eigenvalue weighted by molar-refractivity contribution is 7.92. The fraction of sp³-hybridized carbons (Fsp3) is 0.250. The number of fused-ring (bicyclic) bond motifs is 3. The number of rotatable bonds is 12. The second-order valence-electron chi connectivity index (χ2n) is 11.6. The third-order valence-electron chi connectivity index (χ3n) is 8.39. The summed E-state index contributed by atoms with van der Waals surface area (Å²) < 4.78 is 29.4. The van der Waals surface area contributed by atoms with Crippen LogP contribution in [-0.4, -0.2) is 43.2 Å². The Morgan fingerprint density at radius 3 is 2.00 bits per heavy atom. The lowest BCUT2D eigenvalue weighted by Gasteiger charge is -2.25. The Labute approximate surface area is 263 Å². The topological polar surface area (TPSA) is 114 Å². The zero-order chi connectivity index (χ0) is 31.6. The number of amides is 2. The molecule has 1 aliphatic heterocycles. The van der Waals surface area contributed by atoms with Crippen LogP contribution in [0.3, 0.4) is 0 Å². The minimum Gasteiger partial charge on any atom is -0.399 e. The smallest absolute Gasteiger partial charge is 0.264 e. The normalized spacial score (nSPS) is 13.1. The monoisotopic (exact) mass is 620 g/mol. The number of nitrogens with two attached hydrogens (primary N) is 1. The Balaban J connectivity index is 1.10. The molecule has 6 rings (SSSR count). The van der Waals surface area contributed by atoms with Crippen molar-refractivity contribution in [2.75, 3.05) is 23.1 Å². The van der Waals surface area contributed by atoms with Gasteiger partial charge in [0.1, 0.15) is 0 Å². The Kier molecular flexibility index (Phi) is 8.54. The van der Waals surface area contributed by atoms with E-state index in [1.807, 2.05) is 61.5 Å². The van der Waals surface area contributed by atoms with Gasteiger partial charge in [-0.3, -0.25) is 18.8 Å². The summed E-state index contributed by atoms with van der Waals surface area (Å²) in [4.78, 5) is 31.5. The van der Waals surface area contributed by atoms with E-state index in [1.165, 1.54) is 9.21 Å². The predicted octanol–water partition coefficient (Wildman–Crippen LogP) is 7.11. The van der Waals surface area contributed by atoms with Crippen molar-refractivity contribution in [1.29, 1.82) is 0 Å². The molecule has 0 aliphatic carbocycles. The third kappa shape index (κ3) is 6.26. The Morgan fingerprint density at radius 1 is 0.711 bits per heavy atom. The second-order valence-corrected chi connectivity index (χ2v) is 13.5. The zero-order valence-electron chi connectivity index (χ0n) is 25.3. The lowest BCUT2D eigenvalue weighted by Crippen LogP contribution is -2.32. The van der Waals surface area contributed by atoms with Crippen LogP contribution in [-0.2, 0) is 10.0 Å². The highest BCUT2D eigenvalue weighted by Gasteiger charge is 2.34. The molecule has 5 aromatic rings. The maximum Gasteiger partial charge on any atom is 0.264 e. The van der Waals surface area contributed by atoms with Crippen molar-refractivity contribution in [3.63, 3.8) is 0 Å². The molecule has 0 fully saturated rings. The first-order valence-corrected chi connectivity index (χ1v) is 16.8. The Morgan fingerprint density at radius 2 is 1.31 bits per heavy atom. The van der Waals surface area contributed by atoms with Crippen LogP contribution < -0.4 is 10.0 Å². The third-order valence-corrected chi connectivity index (χ3v) is 10.2. The van der Waals surface area contributed by atoms with Crippen LogP contribution in [0.2, 0.25) is 0 Å². The summed E-state index contributed by atoms with van der Waals surface area (Å²) in [6.07, 6.45) is 5.01. The number of nitrogen functional groups attached to an aromatic ring is 1. The van der Waals surface area contributed by atoms with E-state index < -0.39 is 10.0 Å². The average molecular weight is 621 g/mol. The molecule has 2 N–H and O–H groups in total. The van der Waals surface area contributed by atoms with Crippen LogP contribution in [0, 0.1) is 6.92 Å². The average Bonchev–Trinajstić information content (AvgIpc) is 3.27. The predicted molar refractivity (Wildman–Crippen MR) is 179 cm³/mol. The SMILES string of the molecule is Cc1ccc(S(=O)(=O)N(CCCCCCCCN2C(=O)c3ccccc3C2=O)c2ccc3cc4ccc(N)cc4nc3c2)cc1. The number of pyridine rings is 1. The van der Waals surface area contributed by atoms with Gasteiger partial charge in [0, 0.05) is 29.5 Å². The fourth-order valence-electron chi connectivity index (χ4n) is 5.88. The molecule has 4 aromatic carbocycles. The molecule has 230 valence electrons. The summed E-state index contributed by atoms with van der Waals surface area (Å²) in [5, 5.41) is 1.89. The molecular formula is C36H36N4O4S. The molecule has 0 unspecified atom stereocenters. The summed E-state index contributed by atoms with van der Waals surface area (Å²) in [7, 11) is -3.82. The maximum atomic E-state index is 13.9. The van der Waals surface area contributed by atoms with Gasteiger partial charge in [0.25, 0.3) is 21.8 Å². The quantitative estimate of drug-likeness (QED) is 0.0688. The van der Waals surface area contributed by atoms with Crippen molar-refractivity contribution in [3.8, 4) is 0 Å². The molecule has 1 aliphatic rings. The molecule has 2 heterocycles. The van der Waals surface area contributed by atoms with Gasteiger partial charge in [-0.05, 0) is 74.4 Å². The number of carbonyl (C=O) groups is 2. The van der Waals surface area contributed by atoms with Gasteiger partial charge < -0.3 is 5.73 Å². The van der Waals surface area contributed by atoms with Crippen LogP contribution in [0.25, 0.3) is 21.8 Å². The van der Waals surface area contributed by atoms with Crippen LogP contribution in [0.4, 0.5) is 11.4 Å². The molecule has 2 amide bonds. The molecule has 8 nitrogen and oxygen atoms in total. The lowest BCUT2D eigenvalue weighted by molar-refractivity contribution is 0.0651. The van der Waals surface area contributed by atoms with Gasteiger partial charge in [0.2, 0.25) is 0 Å². The van der Waals surface area contributed by atoms with E-state index in [0.29, 0.717) is 47.5 Å². The number of sulfonamides is 1. The van der Waals surface area contributed by atoms with Gasteiger partial charge in [-0.2, -0.15) is 0 Å². The summed E-state index contributed by atoms with van der Waals surface area (Å²) in [6, 6.07) is 27.1. The van der Waals surface area contributed by atoms with Gasteiger partial charge >= 0.3 is 0 Å². The minimum absolute atomic E-state index is 0.216. The molecule has 0 atom stereocenters. The highest BCUT2D eigenvalue weighted by Crippen LogP contribution is 2.30. The van der Waals surface area contributed by atoms with Gasteiger partial charge in [0.15, 0.2) is 0 Å². The summed E-state index contributed by atoms with van der Waals surface area (Å²) in [6.45, 7) is 2.67. The molecule has 0 saturated heterocycles. The number of anilines is 2. The van der Waals surface area contributed by atoms with Gasteiger partial charge in [-0.1, -0.05) is 67.6 Å². The number of hydrogen-bond acceptors (Lipinski definition) is 6. The number of benzene rings is 4. The second kappa shape index (κ2) is 12.7. The van der Waals surface area contributed by atoms with E-state index in [-0.39, 0.29) is 16.7 Å². The first-order chi connectivity index (χ1) is 21.7. The van der Waals surface area contributed by atoms with Crippen LogP contribution in [0.15, 0.2) is 95.9 Å². The van der Waals surface area contributed by atoms with Crippen LogP contribution >= 0.6 is 0 Å². The van der Waals surface area contributed by atoms with Crippen molar-refractivity contribution in [2.24, 2.45) is 0 Å². The minimum atomic E-state index is -3.82. The maximum absolute atomic E-state index is 13.9. The van der Waals surface area contributed by atoms with E-state index in [4.69, 9.17) is 10.7 Å². The van der Waals surface area contributed by atoms with Crippen LogP contribution in [0.1, 0.15) is 64.8 Å². The molecular weight excluding hydrogens is 584 g/mol. The number of nitrogens with zero attached hydrogens (tertiary/aromatic N) is 3. The van der Waals surface area contributed by atoms with Crippen molar-refractivity contribution >= 4 is 55.0 Å². The standard InChI is InChI=1S/C36H36N4O4S/c1-25-12-18-30(19-13-25)45(43,44)40(29-17-15-27-22-26-14-16-28(37)23-33(26)38-34(27)24-29)21-9-5-3-2-4-8-20-39-35(41)31-10-6-7-11-32(31)36(39)42/h6-7,10-19,22-24H,2-5,8-9,20-21,37H2,1H3. The largest absolute Gasteiger partial charge is 0.399 e. The number of aryl methyl sites for hydroxylation is 1. The van der Waals surface area contributed by atoms with Crippen molar-refractivity contribution in [2.45, 2.75) is 50.3 Å². The summed E-state index contributed by atoms with van der Waals surface area (Å²) >= 11 is 0. The van der Waals surface area contributed by atoms with Crippen LogP contribution in [0.5, 0.6) is 0 Å². The molecule has 0 spiro atoms. The number of imide groups is 1. The molecule has 1 aromatic heterocycles. The molecule has 45 heavy (non-hydrogen) atoms. The first-order valence-electron chi connectivity index (χ1n) is 15.4. The van der Waals surface area contributed by atoms with Crippen molar-refractivity contribution < 1.29 is 18.0 Å². The van der Waals surface area contributed by atoms with E-state index in [0.717, 1.165) is 54.0 Å². The molecule has 0 bridgehead atoms. The van der Waals surface area contributed by atoms with E-state index in [2.05, 4.69) is 0 Å². The molecule has 0 radical (unpaired) electrons. The number of hydrogen-bond donors (Lipinski definition) is 1. The Bertz CT molecular complexity index is 1970. The van der Waals surface area contributed by atoms with Crippen molar-refractivity contribution in [1.82, 2.24) is 9.88 Å². The lowest BCUT2D eigenvalue weighted by atomic mass is 10.1. The number of aromatic nitrogens is 1.